The molecule has 0 aliphatic heterocycles. The van der Waals surface area contributed by atoms with Gasteiger partial charge in [0.05, 0.1) is 0 Å². The molecule has 93 valence electrons. The van der Waals surface area contributed by atoms with Crippen molar-refractivity contribution in [2.45, 2.75) is 0 Å². The normalized spacial score (nSPS) is 10.7. The third-order valence-electron chi connectivity index (χ3n) is 3.65. The molecule has 19 heavy (non-hydrogen) atoms. The molecule has 0 saturated heterocycles. The first-order valence-electron chi connectivity index (χ1n) is 6.23. The van der Waals surface area contributed by atoms with Crippen molar-refractivity contribution in [3.63, 3.8) is 0 Å². The fourth-order valence-corrected chi connectivity index (χ4v) is 2.77. The van der Waals surface area contributed by atoms with Crippen LogP contribution in [0, 0.1) is 0 Å². The van der Waals surface area contributed by atoms with Crippen LogP contribution in [-0.4, -0.2) is 0 Å². The molecule has 0 aliphatic carbocycles. The summed E-state index contributed by atoms with van der Waals surface area (Å²) in [5.74, 6) is 0. The summed E-state index contributed by atoms with van der Waals surface area (Å²) in [6, 6.07) is 26.0. The van der Waals surface area contributed by atoms with E-state index in [1.807, 2.05) is 0 Å². The standard InChI is InChI=1S/C18H12.Rh/c1-3-7-15-13(5-1)9-11-18-16-8-4-2-6-14(16)10-12-17(15)18;/h1-12H;. The zero-order valence-electron chi connectivity index (χ0n) is 10.3. The zero-order chi connectivity index (χ0) is 11.9. The molecule has 0 nitrogen and oxygen atoms in total. The molecule has 0 spiro atoms. The fraction of sp³-hybridized carbons (Fsp3) is 0. The van der Waals surface area contributed by atoms with Gasteiger partial charge >= 0.3 is 0 Å². The van der Waals surface area contributed by atoms with E-state index in [0.29, 0.717) is 0 Å². The van der Waals surface area contributed by atoms with Gasteiger partial charge in [0.2, 0.25) is 0 Å². The molecule has 1 heteroatoms. The van der Waals surface area contributed by atoms with E-state index in [2.05, 4.69) is 72.8 Å². The second kappa shape index (κ2) is 4.75. The van der Waals surface area contributed by atoms with Crippen LogP contribution in [-0.2, 0) is 19.5 Å². The van der Waals surface area contributed by atoms with Crippen LogP contribution in [0.1, 0.15) is 0 Å². The molecule has 4 rings (SSSR count). The van der Waals surface area contributed by atoms with Crippen LogP contribution in [0.15, 0.2) is 72.8 Å². The van der Waals surface area contributed by atoms with Gasteiger partial charge in [0.1, 0.15) is 0 Å². The molecule has 4 aromatic rings. The van der Waals surface area contributed by atoms with E-state index in [9.17, 15) is 0 Å². The topological polar surface area (TPSA) is 0 Å². The van der Waals surface area contributed by atoms with Gasteiger partial charge in [-0.1, -0.05) is 72.8 Å². The van der Waals surface area contributed by atoms with Crippen LogP contribution in [0.3, 0.4) is 0 Å². The van der Waals surface area contributed by atoms with Crippen molar-refractivity contribution in [2.75, 3.05) is 0 Å². The molecule has 4 aromatic carbocycles. The van der Waals surface area contributed by atoms with Gasteiger partial charge in [0.25, 0.3) is 0 Å². The maximum absolute atomic E-state index is 2.24. The molecule has 0 heterocycles. The summed E-state index contributed by atoms with van der Waals surface area (Å²) in [6.45, 7) is 0. The van der Waals surface area contributed by atoms with Crippen molar-refractivity contribution in [2.24, 2.45) is 0 Å². The Kier molecular flexibility index (Phi) is 3.08. The van der Waals surface area contributed by atoms with E-state index in [-0.39, 0.29) is 19.5 Å². The van der Waals surface area contributed by atoms with Crippen LogP contribution in [0.25, 0.3) is 32.3 Å². The second-order valence-electron chi connectivity index (χ2n) is 4.67. The van der Waals surface area contributed by atoms with Gasteiger partial charge in [-0.15, -0.1) is 0 Å². The number of benzene rings is 4. The smallest absolute Gasteiger partial charge is 0 e. The average Bonchev–Trinajstić information content (AvgIpc) is 2.46. The van der Waals surface area contributed by atoms with Crippen LogP contribution >= 0.6 is 0 Å². The van der Waals surface area contributed by atoms with Crippen LogP contribution in [0.5, 0.6) is 0 Å². The minimum atomic E-state index is 0. The minimum absolute atomic E-state index is 0. The van der Waals surface area contributed by atoms with Gasteiger partial charge in [-0.3, -0.25) is 0 Å². The molecule has 0 aromatic heterocycles. The Hall–Kier alpha value is -1.72. The summed E-state index contributed by atoms with van der Waals surface area (Å²) in [6.07, 6.45) is 0. The van der Waals surface area contributed by atoms with Crippen LogP contribution in [0.2, 0.25) is 0 Å². The number of hydrogen-bond acceptors (Lipinski definition) is 0. The average molecular weight is 331 g/mol. The van der Waals surface area contributed by atoms with E-state index in [1.54, 1.807) is 0 Å². The van der Waals surface area contributed by atoms with E-state index in [1.165, 1.54) is 32.3 Å². The third kappa shape index (κ3) is 1.86. The summed E-state index contributed by atoms with van der Waals surface area (Å²) in [4.78, 5) is 0. The first kappa shape index (κ1) is 12.3. The first-order chi connectivity index (χ1) is 8.93. The summed E-state index contributed by atoms with van der Waals surface area (Å²) < 4.78 is 0. The maximum Gasteiger partial charge on any atom is 0 e. The van der Waals surface area contributed by atoms with Crippen molar-refractivity contribution in [1.29, 1.82) is 0 Å². The van der Waals surface area contributed by atoms with Gasteiger partial charge in [0, 0.05) is 19.5 Å². The van der Waals surface area contributed by atoms with Gasteiger partial charge < -0.3 is 0 Å². The zero-order valence-corrected chi connectivity index (χ0v) is 11.9. The minimum Gasteiger partial charge on any atom is -0.0616 e. The van der Waals surface area contributed by atoms with Gasteiger partial charge in [-0.25, -0.2) is 0 Å². The van der Waals surface area contributed by atoms with Gasteiger partial charge in [-0.2, -0.15) is 0 Å². The summed E-state index contributed by atoms with van der Waals surface area (Å²) >= 11 is 0. The summed E-state index contributed by atoms with van der Waals surface area (Å²) in [5.41, 5.74) is 0. The first-order valence-corrected chi connectivity index (χ1v) is 6.23. The molecule has 0 aliphatic rings. The van der Waals surface area contributed by atoms with E-state index in [4.69, 9.17) is 0 Å². The fourth-order valence-electron chi connectivity index (χ4n) is 2.77. The molecule has 0 unspecified atom stereocenters. The molecular weight excluding hydrogens is 319 g/mol. The van der Waals surface area contributed by atoms with E-state index in [0.717, 1.165) is 0 Å². The predicted molar refractivity (Wildman–Crippen MR) is 79.0 cm³/mol. The van der Waals surface area contributed by atoms with Gasteiger partial charge in [0.15, 0.2) is 0 Å². The Balaban J connectivity index is 0.00000110. The van der Waals surface area contributed by atoms with Crippen LogP contribution in [0.4, 0.5) is 0 Å². The van der Waals surface area contributed by atoms with Crippen molar-refractivity contribution in [3.05, 3.63) is 72.8 Å². The largest absolute Gasteiger partial charge is 0.0616 e. The summed E-state index contributed by atoms with van der Waals surface area (Å²) in [7, 11) is 0. The Morgan fingerprint density at radius 3 is 1.26 bits per heavy atom. The SMILES string of the molecule is [Rh].c1ccc2c(c1)ccc1c3ccccc3ccc21. The Labute approximate surface area is 124 Å². The van der Waals surface area contributed by atoms with E-state index < -0.39 is 0 Å². The predicted octanol–water partition coefficient (Wildman–Crippen LogP) is 5.14. The molecule has 0 saturated carbocycles. The quantitative estimate of drug-likeness (QED) is 0.309. The van der Waals surface area contributed by atoms with Crippen molar-refractivity contribution < 1.29 is 19.5 Å². The van der Waals surface area contributed by atoms with Crippen molar-refractivity contribution in [3.8, 4) is 0 Å². The monoisotopic (exact) mass is 331 g/mol. The molecular formula is C18H12Rh. The number of hydrogen-bond donors (Lipinski definition) is 0. The maximum atomic E-state index is 2.24. The Morgan fingerprint density at radius 2 is 0.789 bits per heavy atom. The number of fused-ring (bicyclic) bond motifs is 5. The Bertz CT molecular complexity index is 803. The van der Waals surface area contributed by atoms with Gasteiger partial charge in [-0.05, 0) is 32.3 Å². The molecule has 0 fully saturated rings. The summed E-state index contributed by atoms with van der Waals surface area (Å²) in [5, 5.41) is 7.96. The van der Waals surface area contributed by atoms with Crippen molar-refractivity contribution >= 4 is 32.3 Å². The Morgan fingerprint density at radius 1 is 0.368 bits per heavy atom. The molecule has 0 N–H and O–H groups in total. The molecule has 0 amide bonds. The second-order valence-corrected chi connectivity index (χ2v) is 4.67. The van der Waals surface area contributed by atoms with E-state index >= 15 is 0 Å². The third-order valence-corrected chi connectivity index (χ3v) is 3.65. The molecule has 1 radical (unpaired) electrons. The van der Waals surface area contributed by atoms with Crippen LogP contribution < -0.4 is 0 Å². The van der Waals surface area contributed by atoms with Crippen molar-refractivity contribution in [1.82, 2.24) is 0 Å². The molecule has 0 bridgehead atoms. The number of rotatable bonds is 0. The molecule has 0 atom stereocenters.